The lowest BCUT2D eigenvalue weighted by atomic mass is 9.78. The molecule has 0 aliphatic carbocycles. The van der Waals surface area contributed by atoms with Crippen molar-refractivity contribution in [3.63, 3.8) is 0 Å². The van der Waals surface area contributed by atoms with Crippen molar-refractivity contribution in [2.75, 3.05) is 0 Å². The van der Waals surface area contributed by atoms with Gasteiger partial charge in [0.05, 0.1) is 10.3 Å². The van der Waals surface area contributed by atoms with Crippen molar-refractivity contribution in [1.82, 2.24) is 0 Å². The van der Waals surface area contributed by atoms with Gasteiger partial charge in [-0.3, -0.25) is 4.79 Å². The first-order valence-electron chi connectivity index (χ1n) is 7.66. The van der Waals surface area contributed by atoms with Gasteiger partial charge in [0.15, 0.2) is 0 Å². The molecule has 0 fully saturated rings. The Balaban J connectivity index is 5.06. The lowest BCUT2D eigenvalue weighted by molar-refractivity contribution is -0.168. The Kier molecular flexibility index (Phi) is 6.42. The molecule has 2 unspecified atom stereocenters. The van der Waals surface area contributed by atoms with Crippen molar-refractivity contribution in [2.45, 2.75) is 86.1 Å². The van der Waals surface area contributed by atoms with Gasteiger partial charge in [-0.05, 0) is 44.4 Å². The average Bonchev–Trinajstić information content (AvgIpc) is 2.08. The number of hydrogen-bond acceptors (Lipinski definition) is 4. The Morgan fingerprint density at radius 1 is 1.05 bits per heavy atom. The fourth-order valence-corrected chi connectivity index (χ4v) is 2.73. The van der Waals surface area contributed by atoms with Crippen molar-refractivity contribution in [2.24, 2.45) is 22.0 Å². The molecule has 2 N–H and O–H groups in total. The van der Waals surface area contributed by atoms with Crippen LogP contribution in [0.15, 0.2) is 0 Å². The number of thiol groups is 1. The van der Waals surface area contributed by atoms with Gasteiger partial charge in [0.2, 0.25) is 0 Å². The molecule has 3 nitrogen and oxygen atoms in total. The summed E-state index contributed by atoms with van der Waals surface area (Å²) in [6, 6.07) is 0. The molecule has 0 saturated carbocycles. The molecule has 0 bridgehead atoms. The minimum absolute atomic E-state index is 0.0913. The molecule has 0 amide bonds. The van der Waals surface area contributed by atoms with Crippen LogP contribution in [0.1, 0.15) is 75.2 Å². The van der Waals surface area contributed by atoms with Crippen LogP contribution in [0.5, 0.6) is 0 Å². The predicted octanol–water partition coefficient (Wildman–Crippen LogP) is 4.40. The highest BCUT2D eigenvalue weighted by molar-refractivity contribution is 7.81. The van der Waals surface area contributed by atoms with E-state index in [9.17, 15) is 4.79 Å². The molecule has 2 atom stereocenters. The largest absolute Gasteiger partial charge is 0.461 e. The van der Waals surface area contributed by atoms with E-state index in [2.05, 4.69) is 54.2 Å². The Morgan fingerprint density at radius 3 is 1.76 bits per heavy atom. The molecular weight excluding hydrogens is 282 g/mol. The van der Waals surface area contributed by atoms with E-state index in [1.807, 2.05) is 20.8 Å². The Hall–Kier alpha value is -0.220. The second kappa shape index (κ2) is 6.49. The highest BCUT2D eigenvalue weighted by Gasteiger charge is 2.39. The molecule has 4 heteroatoms. The third kappa shape index (κ3) is 8.72. The highest BCUT2D eigenvalue weighted by Crippen LogP contribution is 2.36. The maximum Gasteiger partial charge on any atom is 0.311 e. The lowest BCUT2D eigenvalue weighted by Crippen LogP contribution is -2.43. The number of rotatable bonds is 5. The van der Waals surface area contributed by atoms with E-state index in [4.69, 9.17) is 10.5 Å². The number of nitrogens with two attached hydrogens (primary N) is 1. The summed E-state index contributed by atoms with van der Waals surface area (Å²) in [5, 5.41) is 0. The van der Waals surface area contributed by atoms with Crippen LogP contribution in [-0.4, -0.2) is 16.9 Å². The zero-order valence-corrected chi connectivity index (χ0v) is 16.2. The second-order valence-electron chi connectivity index (χ2n) is 9.44. The summed E-state index contributed by atoms with van der Waals surface area (Å²) in [6.07, 6.45) is 1.18. The van der Waals surface area contributed by atoms with Crippen LogP contribution >= 0.6 is 12.6 Å². The van der Waals surface area contributed by atoms with Crippen LogP contribution in [0.25, 0.3) is 0 Å². The number of carbonyl (C=O) groups is 1. The summed E-state index contributed by atoms with van der Waals surface area (Å²) in [6.45, 7) is 18.3. The first-order chi connectivity index (χ1) is 8.94. The molecule has 21 heavy (non-hydrogen) atoms. The predicted molar refractivity (Wildman–Crippen MR) is 93.4 cm³/mol. The first-order valence-corrected chi connectivity index (χ1v) is 8.11. The zero-order chi connectivity index (χ0) is 17.3. The normalized spacial score (nSPS) is 18.0. The molecule has 0 rings (SSSR count). The second-order valence-corrected chi connectivity index (χ2v) is 10.5. The van der Waals surface area contributed by atoms with E-state index in [0.717, 1.165) is 6.42 Å². The molecule has 0 saturated heterocycles. The Morgan fingerprint density at radius 2 is 1.48 bits per heavy atom. The number of carbonyl (C=O) groups excluding carboxylic acids is 1. The van der Waals surface area contributed by atoms with Gasteiger partial charge in [-0.2, -0.15) is 12.6 Å². The third-order valence-corrected chi connectivity index (χ3v) is 3.52. The minimum Gasteiger partial charge on any atom is -0.461 e. The summed E-state index contributed by atoms with van der Waals surface area (Å²) >= 11 is 4.33. The van der Waals surface area contributed by atoms with Crippen molar-refractivity contribution in [3.8, 4) is 0 Å². The van der Waals surface area contributed by atoms with Gasteiger partial charge in [-0.15, -0.1) is 0 Å². The molecule has 126 valence electrons. The molecule has 0 aromatic heterocycles. The summed E-state index contributed by atoms with van der Waals surface area (Å²) < 4.78 is 5.87. The van der Waals surface area contributed by atoms with Gasteiger partial charge < -0.3 is 10.5 Å². The van der Waals surface area contributed by atoms with Crippen molar-refractivity contribution in [1.29, 1.82) is 0 Å². The Labute approximate surface area is 136 Å². The van der Waals surface area contributed by atoms with Gasteiger partial charge in [-0.1, -0.05) is 41.5 Å². The maximum atomic E-state index is 12.6. The van der Waals surface area contributed by atoms with Crippen molar-refractivity contribution >= 4 is 18.6 Å². The van der Waals surface area contributed by atoms with Gasteiger partial charge in [-0.25, -0.2) is 0 Å². The van der Waals surface area contributed by atoms with E-state index in [-0.39, 0.29) is 22.9 Å². The summed E-state index contributed by atoms with van der Waals surface area (Å²) in [7, 11) is 0. The van der Waals surface area contributed by atoms with Gasteiger partial charge >= 0.3 is 5.97 Å². The van der Waals surface area contributed by atoms with E-state index in [1.54, 1.807) is 0 Å². The molecule has 0 aromatic rings. The number of hydrogen-bond donors (Lipinski definition) is 2. The molecule has 0 aromatic carbocycles. The fraction of sp³-hybridized carbons (Fsp3) is 0.941. The fourth-order valence-electron chi connectivity index (χ4n) is 2.34. The number of ether oxygens (including phenoxy) is 1. The smallest absolute Gasteiger partial charge is 0.311 e. The van der Waals surface area contributed by atoms with Crippen molar-refractivity contribution in [3.05, 3.63) is 0 Å². The molecule has 0 spiro atoms. The van der Waals surface area contributed by atoms with Crippen LogP contribution in [0, 0.1) is 16.2 Å². The van der Waals surface area contributed by atoms with E-state index >= 15 is 0 Å². The van der Waals surface area contributed by atoms with Crippen LogP contribution in [0.3, 0.4) is 0 Å². The van der Waals surface area contributed by atoms with Gasteiger partial charge in [0, 0.05) is 0 Å². The SMILES string of the molecule is CC(C)(C)CC(OC(=O)C(C)(C)CC(C)(N)S)C(C)(C)C. The van der Waals surface area contributed by atoms with Crippen LogP contribution in [0.2, 0.25) is 0 Å². The van der Waals surface area contributed by atoms with Gasteiger partial charge in [0.1, 0.15) is 6.10 Å². The molecule has 0 radical (unpaired) electrons. The lowest BCUT2D eigenvalue weighted by Gasteiger charge is -2.38. The molecular formula is C17H35NO2S. The average molecular weight is 318 g/mol. The molecule has 0 aliphatic heterocycles. The third-order valence-electron chi connectivity index (χ3n) is 3.37. The monoisotopic (exact) mass is 317 g/mol. The topological polar surface area (TPSA) is 52.3 Å². The standard InChI is InChI=1S/C17H35NO2S/c1-14(2,3)10-12(15(4,5)6)20-13(19)16(7,8)11-17(9,18)21/h12,21H,10-11,18H2,1-9H3. The van der Waals surface area contributed by atoms with E-state index < -0.39 is 10.3 Å². The zero-order valence-electron chi connectivity index (χ0n) is 15.3. The van der Waals surface area contributed by atoms with Crippen LogP contribution < -0.4 is 5.73 Å². The first kappa shape index (κ1) is 20.8. The number of esters is 1. The maximum absolute atomic E-state index is 12.6. The quantitative estimate of drug-likeness (QED) is 0.449. The van der Waals surface area contributed by atoms with E-state index in [1.165, 1.54) is 0 Å². The summed E-state index contributed by atoms with van der Waals surface area (Å²) in [5.41, 5.74) is 5.30. The Bertz CT molecular complexity index is 356. The van der Waals surface area contributed by atoms with Crippen LogP contribution in [-0.2, 0) is 9.53 Å². The summed E-state index contributed by atoms with van der Waals surface area (Å²) in [5.74, 6) is -0.197. The van der Waals surface area contributed by atoms with Crippen LogP contribution in [0.4, 0.5) is 0 Å². The summed E-state index contributed by atoms with van der Waals surface area (Å²) in [4.78, 5) is 11.9. The van der Waals surface area contributed by atoms with Crippen molar-refractivity contribution < 1.29 is 9.53 Å². The highest BCUT2D eigenvalue weighted by atomic mass is 32.1. The molecule has 0 aliphatic rings. The molecule has 0 heterocycles. The minimum atomic E-state index is -0.691. The van der Waals surface area contributed by atoms with Gasteiger partial charge in [0.25, 0.3) is 0 Å². The van der Waals surface area contributed by atoms with E-state index in [0.29, 0.717) is 6.42 Å².